The summed E-state index contributed by atoms with van der Waals surface area (Å²) in [6.07, 6.45) is -1.68. The quantitative estimate of drug-likeness (QED) is 0.802. The van der Waals surface area contributed by atoms with E-state index in [2.05, 4.69) is 11.4 Å². The molecule has 17 heavy (non-hydrogen) atoms. The summed E-state index contributed by atoms with van der Waals surface area (Å²) in [5, 5.41) is 11.5. The van der Waals surface area contributed by atoms with Crippen LogP contribution >= 0.6 is 0 Å². The van der Waals surface area contributed by atoms with Gasteiger partial charge >= 0.3 is 6.18 Å². The first-order valence-corrected chi connectivity index (χ1v) is 5.81. The highest BCUT2D eigenvalue weighted by Gasteiger charge is 2.32. The molecular weight excluding hydrogens is 231 g/mol. The fraction of sp³-hybridized carbons (Fsp3) is 0.909. The molecular formula is C11H18F3N3. The van der Waals surface area contributed by atoms with E-state index in [1.807, 2.05) is 0 Å². The van der Waals surface area contributed by atoms with Crippen molar-refractivity contribution in [2.45, 2.75) is 56.3 Å². The van der Waals surface area contributed by atoms with Crippen LogP contribution in [0.25, 0.3) is 0 Å². The van der Waals surface area contributed by atoms with Gasteiger partial charge in [0.2, 0.25) is 0 Å². The molecule has 1 aliphatic rings. The first-order valence-electron chi connectivity index (χ1n) is 5.81. The third-order valence-electron chi connectivity index (χ3n) is 3.25. The van der Waals surface area contributed by atoms with E-state index in [1.165, 1.54) is 0 Å². The second kappa shape index (κ2) is 5.69. The van der Waals surface area contributed by atoms with E-state index in [4.69, 9.17) is 11.0 Å². The van der Waals surface area contributed by atoms with Gasteiger partial charge in [-0.1, -0.05) is 0 Å². The Morgan fingerprint density at radius 2 is 1.94 bits per heavy atom. The van der Waals surface area contributed by atoms with Gasteiger partial charge in [-0.3, -0.25) is 0 Å². The molecule has 0 unspecified atom stereocenters. The van der Waals surface area contributed by atoms with Gasteiger partial charge in [0.1, 0.15) is 0 Å². The Morgan fingerprint density at radius 3 is 2.41 bits per heavy atom. The van der Waals surface area contributed by atoms with Crippen LogP contribution < -0.4 is 11.1 Å². The first kappa shape index (κ1) is 14.3. The molecule has 3 nitrogen and oxygen atoms in total. The van der Waals surface area contributed by atoms with Gasteiger partial charge in [0.15, 0.2) is 0 Å². The first-order chi connectivity index (χ1) is 7.85. The van der Waals surface area contributed by atoms with Gasteiger partial charge in [-0.2, -0.15) is 18.4 Å². The molecule has 0 aromatic rings. The third-order valence-corrected chi connectivity index (χ3v) is 3.25. The number of halogens is 3. The van der Waals surface area contributed by atoms with E-state index in [9.17, 15) is 13.2 Å². The van der Waals surface area contributed by atoms with Crippen molar-refractivity contribution in [2.24, 2.45) is 5.73 Å². The summed E-state index contributed by atoms with van der Waals surface area (Å²) in [6.45, 7) is -0.0377. The molecule has 0 aromatic carbocycles. The highest BCUT2D eigenvalue weighted by Crippen LogP contribution is 2.29. The molecule has 1 saturated carbocycles. The van der Waals surface area contributed by atoms with Crippen molar-refractivity contribution >= 4 is 0 Å². The van der Waals surface area contributed by atoms with E-state index >= 15 is 0 Å². The van der Waals surface area contributed by atoms with Crippen LogP contribution in [0.3, 0.4) is 0 Å². The monoisotopic (exact) mass is 249 g/mol. The average Bonchev–Trinajstić information content (AvgIpc) is 2.20. The maximum atomic E-state index is 11.9. The largest absolute Gasteiger partial charge is 0.390 e. The van der Waals surface area contributed by atoms with E-state index in [0.29, 0.717) is 19.3 Å². The number of nitrogens with zero attached hydrogens (tertiary/aromatic N) is 1. The maximum Gasteiger partial charge on any atom is 0.390 e. The highest BCUT2D eigenvalue weighted by atomic mass is 19.4. The zero-order valence-corrected chi connectivity index (χ0v) is 9.69. The smallest absolute Gasteiger partial charge is 0.324 e. The minimum Gasteiger partial charge on any atom is -0.324 e. The summed E-state index contributed by atoms with van der Waals surface area (Å²) in [5.74, 6) is 0. The Hall–Kier alpha value is -0.800. The second-order valence-corrected chi connectivity index (χ2v) is 4.79. The van der Waals surface area contributed by atoms with Crippen LogP contribution in [-0.4, -0.2) is 24.3 Å². The third kappa shape index (κ3) is 5.37. The number of nitrogens with one attached hydrogen (secondary N) is 1. The van der Waals surface area contributed by atoms with E-state index < -0.39 is 18.1 Å². The molecule has 98 valence electrons. The summed E-state index contributed by atoms with van der Waals surface area (Å²) in [5.41, 5.74) is 5.57. The van der Waals surface area contributed by atoms with Gasteiger partial charge in [-0.25, -0.2) is 0 Å². The number of hydrogen-bond acceptors (Lipinski definition) is 3. The Morgan fingerprint density at radius 1 is 1.35 bits per heavy atom. The molecule has 0 bridgehead atoms. The normalized spacial score (nSPS) is 29.9. The fourth-order valence-electron chi connectivity index (χ4n) is 2.15. The average molecular weight is 249 g/mol. The maximum absolute atomic E-state index is 11.9. The van der Waals surface area contributed by atoms with Crippen molar-refractivity contribution in [1.29, 1.82) is 5.26 Å². The van der Waals surface area contributed by atoms with Crippen molar-refractivity contribution in [1.82, 2.24) is 5.32 Å². The van der Waals surface area contributed by atoms with Crippen molar-refractivity contribution in [3.05, 3.63) is 0 Å². The lowest BCUT2D eigenvalue weighted by molar-refractivity contribution is -0.133. The van der Waals surface area contributed by atoms with Crippen LogP contribution in [0.2, 0.25) is 0 Å². The molecule has 6 heteroatoms. The molecule has 0 heterocycles. The van der Waals surface area contributed by atoms with Crippen LogP contribution in [-0.2, 0) is 0 Å². The molecule has 0 aliphatic heterocycles. The van der Waals surface area contributed by atoms with Crippen LogP contribution in [0.1, 0.15) is 38.5 Å². The summed E-state index contributed by atoms with van der Waals surface area (Å²) in [6, 6.07) is 2.17. The SMILES string of the molecule is N#CCC1(N)CCC(NCCC(F)(F)F)CC1. The zero-order valence-electron chi connectivity index (χ0n) is 9.69. The molecule has 0 radical (unpaired) electrons. The summed E-state index contributed by atoms with van der Waals surface area (Å²) in [7, 11) is 0. The number of rotatable bonds is 4. The molecule has 0 aromatic heterocycles. The van der Waals surface area contributed by atoms with Gasteiger partial charge in [0.25, 0.3) is 0 Å². The van der Waals surface area contributed by atoms with Crippen molar-refractivity contribution < 1.29 is 13.2 Å². The molecule has 0 amide bonds. The van der Waals surface area contributed by atoms with Crippen LogP contribution in [0.4, 0.5) is 13.2 Å². The minimum atomic E-state index is -4.10. The molecule has 0 saturated heterocycles. The summed E-state index contributed by atoms with van der Waals surface area (Å²) < 4.78 is 35.8. The van der Waals surface area contributed by atoms with Crippen molar-refractivity contribution in [3.8, 4) is 6.07 Å². The van der Waals surface area contributed by atoms with Crippen molar-refractivity contribution in [3.63, 3.8) is 0 Å². The van der Waals surface area contributed by atoms with Crippen molar-refractivity contribution in [2.75, 3.05) is 6.54 Å². The molecule has 3 N–H and O–H groups in total. The van der Waals surface area contributed by atoms with E-state index in [0.717, 1.165) is 12.8 Å². The Labute approximate surface area is 99.2 Å². The van der Waals surface area contributed by atoms with Gasteiger partial charge in [0, 0.05) is 18.1 Å². The lowest BCUT2D eigenvalue weighted by Gasteiger charge is -2.36. The van der Waals surface area contributed by atoms with E-state index in [1.54, 1.807) is 0 Å². The van der Waals surface area contributed by atoms with Gasteiger partial charge < -0.3 is 11.1 Å². The summed E-state index contributed by atoms with van der Waals surface area (Å²) >= 11 is 0. The zero-order chi connectivity index (χ0) is 12.9. The minimum absolute atomic E-state index is 0.0377. The number of nitriles is 1. The van der Waals surface area contributed by atoms with Gasteiger partial charge in [0.05, 0.1) is 18.9 Å². The van der Waals surface area contributed by atoms with Crippen LogP contribution in [0.15, 0.2) is 0 Å². The van der Waals surface area contributed by atoms with Crippen LogP contribution in [0.5, 0.6) is 0 Å². The molecule has 0 spiro atoms. The Balaban J connectivity index is 2.22. The van der Waals surface area contributed by atoms with Crippen LogP contribution in [0, 0.1) is 11.3 Å². The number of nitrogens with two attached hydrogens (primary N) is 1. The van der Waals surface area contributed by atoms with E-state index in [-0.39, 0.29) is 12.6 Å². The lowest BCUT2D eigenvalue weighted by atomic mass is 9.78. The Kier molecular flexibility index (Phi) is 4.78. The predicted octanol–water partition coefficient (Wildman–Crippen LogP) is 2.08. The highest BCUT2D eigenvalue weighted by molar-refractivity contribution is 4.97. The summed E-state index contributed by atoms with van der Waals surface area (Å²) in [4.78, 5) is 0. The fourth-order valence-corrected chi connectivity index (χ4v) is 2.15. The topological polar surface area (TPSA) is 61.8 Å². The lowest BCUT2D eigenvalue weighted by Crippen LogP contribution is -2.47. The standard InChI is InChI=1S/C11H18F3N3/c12-11(13,14)6-8-17-9-1-3-10(16,4-2-9)5-7-15/h9,17H,1-6,8,16H2. The molecule has 1 fully saturated rings. The molecule has 1 aliphatic carbocycles. The van der Waals surface area contributed by atoms with Gasteiger partial charge in [-0.05, 0) is 25.7 Å². The number of alkyl halides is 3. The molecule has 0 atom stereocenters. The van der Waals surface area contributed by atoms with Gasteiger partial charge in [-0.15, -0.1) is 0 Å². The number of hydrogen-bond donors (Lipinski definition) is 2. The molecule has 1 rings (SSSR count). The Bertz CT molecular complexity index is 275. The second-order valence-electron chi connectivity index (χ2n) is 4.79. The predicted molar refractivity (Wildman–Crippen MR) is 58.1 cm³/mol.